The zero-order valence-electron chi connectivity index (χ0n) is 19.5. The highest BCUT2D eigenvalue weighted by Gasteiger charge is 2.25. The number of fused-ring (bicyclic) bond motifs is 4. The van der Waals surface area contributed by atoms with Crippen LogP contribution in [-0.4, -0.2) is 31.2 Å². The molecule has 0 bridgehead atoms. The zero-order chi connectivity index (χ0) is 23.2. The molecule has 0 spiro atoms. The van der Waals surface area contributed by atoms with Crippen LogP contribution in [0.1, 0.15) is 43.1 Å². The minimum absolute atomic E-state index is 0.00665. The first-order valence-corrected chi connectivity index (χ1v) is 11.9. The molecule has 1 fully saturated rings. The summed E-state index contributed by atoms with van der Waals surface area (Å²) in [5, 5.41) is 0.584. The summed E-state index contributed by atoms with van der Waals surface area (Å²) in [7, 11) is 1.67. The second-order valence-corrected chi connectivity index (χ2v) is 9.11. The minimum atomic E-state index is 0.00665. The Labute approximate surface area is 197 Å². The number of rotatable bonds is 5. The zero-order valence-corrected chi connectivity index (χ0v) is 19.5. The van der Waals surface area contributed by atoms with Crippen molar-refractivity contribution < 1.29 is 4.74 Å². The molecule has 6 rings (SSSR count). The standard InChI is InChI=1S/C27H27N5O2/c1-17-28-25-23(27(33)32(17)19-7-3-4-8-19)24-26(30-22-10-6-5-9-21(22)29-24)31(25)16-15-18-11-13-20(34-2)14-12-18/h5-6,9-14,19H,3-4,7-8,15-16H2,1-2H3. The molecule has 0 saturated heterocycles. The average molecular weight is 454 g/mol. The normalized spacial score (nSPS) is 14.5. The summed E-state index contributed by atoms with van der Waals surface area (Å²) in [6, 6.07) is 16.1. The van der Waals surface area contributed by atoms with E-state index in [2.05, 4.69) is 16.7 Å². The van der Waals surface area contributed by atoms with Crippen LogP contribution in [0.4, 0.5) is 0 Å². The molecular weight excluding hydrogens is 426 g/mol. The molecule has 3 heterocycles. The van der Waals surface area contributed by atoms with Crippen LogP contribution < -0.4 is 10.3 Å². The first kappa shape index (κ1) is 20.8. The molecule has 0 atom stereocenters. The van der Waals surface area contributed by atoms with Crippen LogP contribution in [0, 0.1) is 6.92 Å². The summed E-state index contributed by atoms with van der Waals surface area (Å²) in [6.45, 7) is 2.60. The van der Waals surface area contributed by atoms with E-state index in [-0.39, 0.29) is 11.6 Å². The van der Waals surface area contributed by atoms with Crippen molar-refractivity contribution in [2.24, 2.45) is 0 Å². The number of aryl methyl sites for hydroxylation is 3. The minimum Gasteiger partial charge on any atom is -0.497 e. The molecule has 0 unspecified atom stereocenters. The Bertz CT molecular complexity index is 1580. The molecule has 34 heavy (non-hydrogen) atoms. The van der Waals surface area contributed by atoms with Crippen LogP contribution in [0.5, 0.6) is 5.75 Å². The van der Waals surface area contributed by atoms with Crippen LogP contribution in [-0.2, 0) is 13.0 Å². The predicted molar refractivity (Wildman–Crippen MR) is 134 cm³/mol. The van der Waals surface area contributed by atoms with Crippen LogP contribution in [0.3, 0.4) is 0 Å². The van der Waals surface area contributed by atoms with Gasteiger partial charge in [-0.05, 0) is 56.0 Å². The molecular formula is C27H27N5O2. The Balaban J connectivity index is 1.56. The maximum absolute atomic E-state index is 13.9. The van der Waals surface area contributed by atoms with Gasteiger partial charge in [-0.1, -0.05) is 37.1 Å². The molecule has 1 aliphatic rings. The highest BCUT2D eigenvalue weighted by molar-refractivity contribution is 6.04. The third-order valence-corrected chi connectivity index (χ3v) is 7.05. The van der Waals surface area contributed by atoms with Crippen molar-refractivity contribution in [2.45, 2.75) is 51.6 Å². The van der Waals surface area contributed by atoms with E-state index in [0.717, 1.165) is 60.4 Å². The first-order chi connectivity index (χ1) is 16.6. The summed E-state index contributed by atoms with van der Waals surface area (Å²) in [5.74, 6) is 1.60. The summed E-state index contributed by atoms with van der Waals surface area (Å²) in [4.78, 5) is 28.7. The molecule has 0 N–H and O–H groups in total. The number of benzene rings is 2. The number of hydrogen-bond acceptors (Lipinski definition) is 5. The Morgan fingerprint density at radius 3 is 2.35 bits per heavy atom. The van der Waals surface area contributed by atoms with Crippen molar-refractivity contribution in [3.8, 4) is 5.75 Å². The van der Waals surface area contributed by atoms with Crippen LogP contribution in [0.2, 0.25) is 0 Å². The van der Waals surface area contributed by atoms with Crippen LogP contribution in [0.15, 0.2) is 53.3 Å². The van der Waals surface area contributed by atoms with E-state index in [1.165, 1.54) is 5.56 Å². The van der Waals surface area contributed by atoms with Crippen molar-refractivity contribution in [2.75, 3.05) is 7.11 Å². The topological polar surface area (TPSA) is 74.8 Å². The van der Waals surface area contributed by atoms with Gasteiger partial charge < -0.3 is 9.30 Å². The van der Waals surface area contributed by atoms with E-state index in [4.69, 9.17) is 19.7 Å². The van der Waals surface area contributed by atoms with E-state index < -0.39 is 0 Å². The monoisotopic (exact) mass is 453 g/mol. The number of methoxy groups -OCH3 is 1. The Morgan fingerprint density at radius 1 is 0.941 bits per heavy atom. The summed E-state index contributed by atoms with van der Waals surface area (Å²) in [5.41, 5.74) is 4.83. The molecule has 1 saturated carbocycles. The lowest BCUT2D eigenvalue weighted by atomic mass is 10.1. The fourth-order valence-electron chi connectivity index (χ4n) is 5.31. The summed E-state index contributed by atoms with van der Waals surface area (Å²) >= 11 is 0. The smallest absolute Gasteiger partial charge is 0.265 e. The second kappa shape index (κ2) is 8.24. The van der Waals surface area contributed by atoms with Gasteiger partial charge in [0.1, 0.15) is 22.5 Å². The SMILES string of the molecule is COc1ccc(CCn2c3nc4ccccc4nc3c3c(=O)n(C4CCCC4)c(C)nc32)cc1. The van der Waals surface area contributed by atoms with Crippen molar-refractivity contribution in [3.63, 3.8) is 0 Å². The van der Waals surface area contributed by atoms with E-state index in [1.807, 2.05) is 47.9 Å². The van der Waals surface area contributed by atoms with E-state index in [0.29, 0.717) is 23.1 Å². The average Bonchev–Trinajstić information content (AvgIpc) is 3.48. The van der Waals surface area contributed by atoms with Crippen molar-refractivity contribution in [3.05, 3.63) is 70.3 Å². The van der Waals surface area contributed by atoms with Crippen LogP contribution >= 0.6 is 0 Å². The maximum atomic E-state index is 13.9. The predicted octanol–water partition coefficient (Wildman–Crippen LogP) is 4.97. The van der Waals surface area contributed by atoms with Gasteiger partial charge in [-0.2, -0.15) is 0 Å². The molecule has 5 aromatic rings. The van der Waals surface area contributed by atoms with Gasteiger partial charge in [0.05, 0.1) is 18.1 Å². The number of nitrogens with zero attached hydrogens (tertiary/aromatic N) is 5. The van der Waals surface area contributed by atoms with Gasteiger partial charge in [0.2, 0.25) is 0 Å². The number of aromatic nitrogens is 5. The van der Waals surface area contributed by atoms with Crippen LogP contribution in [0.25, 0.3) is 33.2 Å². The number of ether oxygens (including phenoxy) is 1. The molecule has 7 heteroatoms. The molecule has 172 valence electrons. The van der Waals surface area contributed by atoms with Crippen molar-refractivity contribution >= 4 is 33.2 Å². The maximum Gasteiger partial charge on any atom is 0.265 e. The van der Waals surface area contributed by atoms with Gasteiger partial charge in [-0.25, -0.2) is 15.0 Å². The highest BCUT2D eigenvalue weighted by Crippen LogP contribution is 2.31. The Morgan fingerprint density at radius 2 is 1.65 bits per heavy atom. The van der Waals surface area contributed by atoms with Gasteiger partial charge >= 0.3 is 0 Å². The molecule has 0 aliphatic heterocycles. The second-order valence-electron chi connectivity index (χ2n) is 9.11. The first-order valence-electron chi connectivity index (χ1n) is 11.9. The van der Waals surface area contributed by atoms with E-state index in [9.17, 15) is 4.79 Å². The fourth-order valence-corrected chi connectivity index (χ4v) is 5.31. The Kier molecular flexibility index (Phi) is 5.05. The largest absolute Gasteiger partial charge is 0.497 e. The van der Waals surface area contributed by atoms with Gasteiger partial charge in [0, 0.05) is 12.6 Å². The molecule has 1 aliphatic carbocycles. The van der Waals surface area contributed by atoms with Gasteiger partial charge in [0.25, 0.3) is 5.56 Å². The summed E-state index contributed by atoms with van der Waals surface area (Å²) < 4.78 is 9.26. The van der Waals surface area contributed by atoms with E-state index >= 15 is 0 Å². The highest BCUT2D eigenvalue weighted by atomic mass is 16.5. The van der Waals surface area contributed by atoms with Gasteiger partial charge in [-0.15, -0.1) is 0 Å². The van der Waals surface area contributed by atoms with Crippen molar-refractivity contribution in [1.82, 2.24) is 24.1 Å². The molecule has 0 radical (unpaired) electrons. The van der Waals surface area contributed by atoms with Gasteiger partial charge in [0.15, 0.2) is 11.3 Å². The van der Waals surface area contributed by atoms with Gasteiger partial charge in [-0.3, -0.25) is 9.36 Å². The Hall–Kier alpha value is -3.74. The quantitative estimate of drug-likeness (QED) is 0.376. The third kappa shape index (κ3) is 3.34. The molecule has 0 amide bonds. The number of para-hydroxylation sites is 2. The lowest BCUT2D eigenvalue weighted by Crippen LogP contribution is -2.27. The lowest BCUT2D eigenvalue weighted by molar-refractivity contribution is 0.414. The lowest BCUT2D eigenvalue weighted by Gasteiger charge is -2.16. The molecule has 2 aromatic carbocycles. The number of hydrogen-bond donors (Lipinski definition) is 0. The van der Waals surface area contributed by atoms with Crippen molar-refractivity contribution in [1.29, 1.82) is 0 Å². The molecule has 3 aromatic heterocycles. The summed E-state index contributed by atoms with van der Waals surface area (Å²) in [6.07, 6.45) is 5.15. The third-order valence-electron chi connectivity index (χ3n) is 7.05. The van der Waals surface area contributed by atoms with E-state index in [1.54, 1.807) is 7.11 Å². The fraction of sp³-hybridized carbons (Fsp3) is 0.333. The molecule has 7 nitrogen and oxygen atoms in total.